The molecule has 1 aliphatic heterocycles. The number of aliphatic hydroxyl groups is 4. The van der Waals surface area contributed by atoms with E-state index in [1.54, 1.807) is 30.3 Å². The molecule has 1 aromatic carbocycles. The van der Waals surface area contributed by atoms with Crippen molar-refractivity contribution < 1.29 is 88.2 Å². The van der Waals surface area contributed by atoms with Gasteiger partial charge in [-0.2, -0.15) is 0 Å². The number of hydrogen-bond donors (Lipinski definition) is 16. The Labute approximate surface area is 411 Å². The van der Waals surface area contributed by atoms with Crippen LogP contribution in [-0.4, -0.2) is 192 Å². The maximum absolute atomic E-state index is 14.0. The number of aliphatic carboxylic acids is 2. The predicted molar refractivity (Wildman–Crippen MR) is 245 cm³/mol. The molecule has 12 atom stereocenters. The summed E-state index contributed by atoms with van der Waals surface area (Å²) in [7, 11) is 0. The highest BCUT2D eigenvalue weighted by molar-refractivity contribution is 5.99. The second-order valence-corrected chi connectivity index (χ2v) is 17.0. The average molecular weight is 1020 g/mol. The van der Waals surface area contributed by atoms with E-state index in [1.807, 2.05) is 5.32 Å². The molecule has 1 saturated heterocycles. The fourth-order valence-corrected chi connectivity index (χ4v) is 7.13. The van der Waals surface area contributed by atoms with Crippen LogP contribution in [0.2, 0.25) is 0 Å². The first-order chi connectivity index (χ1) is 33.7. The molecule has 0 spiro atoms. The summed E-state index contributed by atoms with van der Waals surface area (Å²) < 4.78 is 0. The van der Waals surface area contributed by atoms with Crippen molar-refractivity contribution in [3.8, 4) is 0 Å². The van der Waals surface area contributed by atoms with Crippen LogP contribution in [0.25, 0.3) is 0 Å². The summed E-state index contributed by atoms with van der Waals surface area (Å²) in [4.78, 5) is 155. The normalized spacial score (nSPS) is 17.8. The molecule has 1 heterocycles. The van der Waals surface area contributed by atoms with Gasteiger partial charge in [-0.05, 0) is 52.0 Å². The van der Waals surface area contributed by atoms with E-state index in [1.165, 1.54) is 0 Å². The number of amides is 10. The maximum Gasteiger partial charge on any atom is 0.328 e. The third-order valence-corrected chi connectivity index (χ3v) is 11.1. The second kappa shape index (κ2) is 29.1. The van der Waals surface area contributed by atoms with Gasteiger partial charge in [-0.15, -0.1) is 0 Å². The van der Waals surface area contributed by atoms with Gasteiger partial charge in [0.15, 0.2) is 6.04 Å². The molecule has 29 heteroatoms. The quantitative estimate of drug-likeness (QED) is 0.0340. The van der Waals surface area contributed by atoms with Crippen molar-refractivity contribution in [1.29, 1.82) is 0 Å². The van der Waals surface area contributed by atoms with Crippen molar-refractivity contribution in [2.24, 2.45) is 17.2 Å². The smallest absolute Gasteiger partial charge is 0.328 e. The van der Waals surface area contributed by atoms with Crippen LogP contribution >= 0.6 is 0 Å². The first-order valence-corrected chi connectivity index (χ1v) is 22.6. The molecule has 1 aromatic rings. The van der Waals surface area contributed by atoms with Gasteiger partial charge in [0.25, 0.3) is 0 Å². The summed E-state index contributed by atoms with van der Waals surface area (Å²) in [6.45, 7) is 1.94. The van der Waals surface area contributed by atoms with Crippen molar-refractivity contribution in [2.45, 2.75) is 145 Å². The fraction of sp³-hybridized carbons (Fsp3) is 0.581. The number of benzene rings is 1. The Bertz CT molecular complexity index is 2130. The lowest BCUT2D eigenvalue weighted by Crippen LogP contribution is -2.63. The molecule has 1 aliphatic rings. The minimum absolute atomic E-state index is 0.0217. The molecular weight excluding hydrogens is 959 g/mol. The minimum atomic E-state index is -2.10. The van der Waals surface area contributed by atoms with Crippen molar-refractivity contribution in [3.05, 3.63) is 35.9 Å². The Morgan fingerprint density at radius 2 is 1.10 bits per heavy atom. The molecule has 0 aliphatic carbocycles. The van der Waals surface area contributed by atoms with Crippen molar-refractivity contribution >= 4 is 71.0 Å². The van der Waals surface area contributed by atoms with Gasteiger partial charge in [0, 0.05) is 25.8 Å². The second-order valence-electron chi connectivity index (χ2n) is 17.0. The highest BCUT2D eigenvalue weighted by Gasteiger charge is 2.42. The van der Waals surface area contributed by atoms with E-state index in [0.29, 0.717) is 5.56 Å². The zero-order valence-electron chi connectivity index (χ0n) is 39.6. The first-order valence-electron chi connectivity index (χ1n) is 22.6. The molecule has 72 heavy (non-hydrogen) atoms. The molecule has 400 valence electrons. The van der Waals surface area contributed by atoms with Gasteiger partial charge in [0.05, 0.1) is 37.4 Å². The van der Waals surface area contributed by atoms with E-state index in [4.69, 9.17) is 17.2 Å². The number of carbonyl (C=O) groups is 12. The maximum atomic E-state index is 14.0. The number of primary amides is 2. The first kappa shape index (κ1) is 60.8. The van der Waals surface area contributed by atoms with Crippen molar-refractivity contribution in [1.82, 2.24) is 42.1 Å². The number of aliphatic hydroxyl groups excluding tert-OH is 4. The van der Waals surface area contributed by atoms with Crippen LogP contribution in [-0.2, 0) is 64.0 Å². The lowest BCUT2D eigenvalue weighted by Gasteiger charge is -2.32. The molecule has 19 N–H and O–H groups in total. The number of nitrogens with one attached hydrogen (secondary N) is 7. The Morgan fingerprint density at radius 1 is 0.611 bits per heavy atom. The lowest BCUT2D eigenvalue weighted by molar-refractivity contribution is -0.146. The van der Waals surface area contributed by atoms with E-state index < -0.39 is 170 Å². The molecule has 2 rings (SSSR count). The molecular formula is C43H65N11O18. The number of hydrogen-bond acceptors (Lipinski definition) is 17. The van der Waals surface area contributed by atoms with Crippen molar-refractivity contribution in [2.75, 3.05) is 13.2 Å². The summed E-state index contributed by atoms with van der Waals surface area (Å²) in [5.74, 6) is -14.1. The van der Waals surface area contributed by atoms with Crippen LogP contribution in [0.1, 0.15) is 71.3 Å². The summed E-state index contributed by atoms with van der Waals surface area (Å²) >= 11 is 0. The predicted octanol–water partition coefficient (Wildman–Crippen LogP) is -7.83. The van der Waals surface area contributed by atoms with Gasteiger partial charge in [-0.3, -0.25) is 52.7 Å². The zero-order valence-corrected chi connectivity index (χ0v) is 39.6. The van der Waals surface area contributed by atoms with Crippen LogP contribution < -0.4 is 54.4 Å². The van der Waals surface area contributed by atoms with Crippen LogP contribution in [0.3, 0.4) is 0 Å². The molecule has 0 unspecified atom stereocenters. The molecule has 0 aromatic heterocycles. The van der Waals surface area contributed by atoms with Crippen LogP contribution in [0.4, 0.5) is 0 Å². The molecule has 0 saturated carbocycles. The largest absolute Gasteiger partial charge is 0.481 e. The van der Waals surface area contributed by atoms with E-state index in [-0.39, 0.29) is 38.6 Å². The molecule has 29 nitrogen and oxygen atoms in total. The van der Waals surface area contributed by atoms with E-state index in [9.17, 15) is 88.2 Å². The number of carbonyl (C=O) groups excluding carboxylic acids is 10. The Kier molecular flexibility index (Phi) is 24.6. The average Bonchev–Trinajstić information content (AvgIpc) is 3.80. The molecule has 1 fully saturated rings. The third-order valence-electron chi connectivity index (χ3n) is 11.1. The minimum Gasteiger partial charge on any atom is -0.481 e. The van der Waals surface area contributed by atoms with E-state index in [2.05, 4.69) is 31.9 Å². The zero-order chi connectivity index (χ0) is 54.6. The number of nitrogens with two attached hydrogens (primary N) is 3. The Balaban J connectivity index is 2.29. The topological polar surface area (TPSA) is 492 Å². The van der Waals surface area contributed by atoms with E-state index >= 15 is 0 Å². The van der Waals surface area contributed by atoms with Gasteiger partial charge >= 0.3 is 11.9 Å². The third kappa shape index (κ3) is 19.5. The molecule has 10 amide bonds. The summed E-state index contributed by atoms with van der Waals surface area (Å²) in [6, 6.07) is -7.18. The highest BCUT2D eigenvalue weighted by Crippen LogP contribution is 2.20. The van der Waals surface area contributed by atoms with Gasteiger partial charge < -0.3 is 90.0 Å². The number of carboxylic acid groups (broad SMARTS) is 2. The number of carboxylic acids is 2. The summed E-state index contributed by atoms with van der Waals surface area (Å²) in [5.41, 5.74) is 16.5. The highest BCUT2D eigenvalue weighted by atomic mass is 16.4. The molecule has 0 radical (unpaired) electrons. The van der Waals surface area contributed by atoms with Crippen LogP contribution in [0.5, 0.6) is 0 Å². The lowest BCUT2D eigenvalue weighted by atomic mass is 10.0. The summed E-state index contributed by atoms with van der Waals surface area (Å²) in [5, 5.41) is 75.7. The Hall–Kier alpha value is -7.34. The van der Waals surface area contributed by atoms with Crippen molar-refractivity contribution in [3.63, 3.8) is 0 Å². The van der Waals surface area contributed by atoms with Gasteiger partial charge in [0.1, 0.15) is 42.3 Å². The van der Waals surface area contributed by atoms with Crippen LogP contribution in [0.15, 0.2) is 30.3 Å². The van der Waals surface area contributed by atoms with Gasteiger partial charge in [0.2, 0.25) is 59.1 Å². The molecule has 0 bridgehead atoms. The van der Waals surface area contributed by atoms with E-state index in [0.717, 1.165) is 25.7 Å². The van der Waals surface area contributed by atoms with Crippen LogP contribution in [0, 0.1) is 0 Å². The SMILES string of the molecule is C[C@@H](O)[C@H](NC(=O)[C@H](Cc1ccccc1)NC(=O)[C@@H]1CCCN1C(=O)[C@@H](NC(=O)[C@@H](NC(=O)[C@H](CC(=O)O)NC(=O)[C@H](CO)NC(=O)[C@H](CCC(N)=O)NC(=O)[C@@H](N)CCC(N)=O)[C@@H](C)O)[C@@H](C)O)C(=O)O. The number of rotatable bonds is 30. The number of likely N-dealkylation sites (tertiary alicyclic amines) is 1. The monoisotopic (exact) mass is 1020 g/mol. The summed E-state index contributed by atoms with van der Waals surface area (Å²) in [6.07, 6.45) is -7.64. The Morgan fingerprint density at radius 3 is 1.62 bits per heavy atom. The number of nitrogens with zero attached hydrogens (tertiary/aromatic N) is 1. The standard InChI is InChI=1S/C43H65N11O18/c1-19(56)32(51-38(66)26(17-31(61)62)48-39(67)27(18-55)50-36(64)24(12-14-30(46)60)47-35(63)23(44)11-13-29(45)59)41(69)52-33(20(2)57)42(70)54-15-7-10-28(54)40(68)49-25(16-22-8-5-4-6-9-22)37(65)53-34(21(3)58)43(71)72/h4-6,8-9,19-21,23-28,32-34,55-58H,7,10-18,44H2,1-3H3,(H2,45,59)(H2,46,60)(H,47,63)(H,48,67)(H,49,68)(H,50,64)(H,51,66)(H,52,69)(H,53,65)(H,61,62)(H,71,72)/t19-,20-,21-,23+,24+,25+,26+,27+,28+,32+,33+,34+/m1/s1. The fourth-order valence-electron chi connectivity index (χ4n) is 7.13. The van der Waals surface area contributed by atoms with Gasteiger partial charge in [-0.1, -0.05) is 30.3 Å². The van der Waals surface area contributed by atoms with Gasteiger partial charge in [-0.25, -0.2) is 4.79 Å².